The second kappa shape index (κ2) is 9.42. The normalized spacial score (nSPS) is 14.8. The predicted octanol–water partition coefficient (Wildman–Crippen LogP) is 6.31. The maximum atomic E-state index is 13.2. The highest BCUT2D eigenvalue weighted by molar-refractivity contribution is 6.03. The molecule has 184 valence electrons. The third kappa shape index (κ3) is 4.29. The Balaban J connectivity index is 1.31. The summed E-state index contributed by atoms with van der Waals surface area (Å²) < 4.78 is 1.50. The number of aryl methyl sites for hydroxylation is 3. The molecule has 2 aliphatic rings. The van der Waals surface area contributed by atoms with E-state index >= 15 is 0 Å². The first-order valence-electron chi connectivity index (χ1n) is 12.3. The van der Waals surface area contributed by atoms with Crippen LogP contribution < -0.4 is 5.56 Å². The number of azo groups is 1. The molecule has 1 aliphatic heterocycles. The van der Waals surface area contributed by atoms with E-state index in [1.54, 1.807) is 19.1 Å². The summed E-state index contributed by atoms with van der Waals surface area (Å²) in [5.74, 6) is -0.0191. The van der Waals surface area contributed by atoms with Crippen LogP contribution in [-0.2, 0) is 12.8 Å². The molecule has 1 aromatic heterocycles. The van der Waals surface area contributed by atoms with Crippen molar-refractivity contribution in [1.29, 1.82) is 0 Å². The molecule has 0 saturated heterocycles. The van der Waals surface area contributed by atoms with Crippen LogP contribution in [0, 0.1) is 6.92 Å². The summed E-state index contributed by atoms with van der Waals surface area (Å²) >= 11 is 0. The van der Waals surface area contributed by atoms with Crippen molar-refractivity contribution < 1.29 is 5.11 Å². The van der Waals surface area contributed by atoms with Crippen molar-refractivity contribution in [2.75, 3.05) is 6.54 Å². The number of phenolic OH excluding ortho intramolecular Hbond substituents is 1. The second-order valence-corrected chi connectivity index (χ2v) is 9.28. The fraction of sp³-hybridized carbons (Fsp3) is 0.214. The van der Waals surface area contributed by atoms with Crippen LogP contribution in [0.15, 0.2) is 91.1 Å². The van der Waals surface area contributed by atoms with E-state index in [-0.39, 0.29) is 22.7 Å². The molecular formula is C28H25N7O2. The number of aromatic nitrogens is 2. The number of benzene rings is 3. The molecule has 3 aromatic carbocycles. The average molecular weight is 492 g/mol. The molecule has 0 unspecified atom stereocenters. The first-order chi connectivity index (χ1) is 18.1. The number of rotatable bonds is 5. The molecule has 2 N–H and O–H groups in total. The van der Waals surface area contributed by atoms with Gasteiger partial charge in [-0.3, -0.25) is 9.89 Å². The Morgan fingerprint density at radius 2 is 1.76 bits per heavy atom. The van der Waals surface area contributed by atoms with Crippen molar-refractivity contribution in [3.05, 3.63) is 93.4 Å². The highest BCUT2D eigenvalue weighted by Crippen LogP contribution is 2.38. The minimum Gasteiger partial charge on any atom is -0.505 e. The van der Waals surface area contributed by atoms with Gasteiger partial charge in [-0.15, -0.1) is 15.3 Å². The third-order valence-corrected chi connectivity index (χ3v) is 6.86. The molecule has 9 nitrogen and oxygen atoms in total. The highest BCUT2D eigenvalue weighted by atomic mass is 16.3. The Labute approximate surface area is 212 Å². The summed E-state index contributed by atoms with van der Waals surface area (Å²) in [6.45, 7) is 2.22. The smallest absolute Gasteiger partial charge is 0.299 e. The van der Waals surface area contributed by atoms with Gasteiger partial charge in [0.1, 0.15) is 12.2 Å². The molecule has 0 bridgehead atoms. The molecule has 0 spiro atoms. The van der Waals surface area contributed by atoms with E-state index in [9.17, 15) is 9.90 Å². The van der Waals surface area contributed by atoms with Crippen LogP contribution in [0.25, 0.3) is 16.8 Å². The quantitative estimate of drug-likeness (QED) is 0.318. The lowest BCUT2D eigenvalue weighted by Gasteiger charge is -2.16. The van der Waals surface area contributed by atoms with E-state index in [1.165, 1.54) is 28.7 Å². The lowest BCUT2D eigenvalue weighted by Crippen LogP contribution is -2.15. The third-order valence-electron chi connectivity index (χ3n) is 6.86. The van der Waals surface area contributed by atoms with Crippen LogP contribution in [-0.4, -0.2) is 27.1 Å². The lowest BCUT2D eigenvalue weighted by atomic mass is 9.91. The van der Waals surface area contributed by atoms with Crippen molar-refractivity contribution in [3.63, 3.8) is 0 Å². The van der Waals surface area contributed by atoms with Crippen LogP contribution in [0.2, 0.25) is 0 Å². The number of aromatic amines is 1. The van der Waals surface area contributed by atoms with Gasteiger partial charge in [0.05, 0.1) is 17.1 Å². The highest BCUT2D eigenvalue weighted by Gasteiger charge is 2.16. The van der Waals surface area contributed by atoms with E-state index in [0.29, 0.717) is 17.8 Å². The van der Waals surface area contributed by atoms with E-state index < -0.39 is 0 Å². The first kappa shape index (κ1) is 22.8. The summed E-state index contributed by atoms with van der Waals surface area (Å²) in [5.41, 5.74) is 7.29. The largest absolute Gasteiger partial charge is 0.505 e. The number of H-pyrrole nitrogens is 1. The molecule has 37 heavy (non-hydrogen) atoms. The Morgan fingerprint density at radius 3 is 2.59 bits per heavy atom. The van der Waals surface area contributed by atoms with Crippen molar-refractivity contribution in [1.82, 2.24) is 9.78 Å². The number of nitrogens with zero attached hydrogens (tertiary/aromatic N) is 6. The molecule has 0 saturated carbocycles. The summed E-state index contributed by atoms with van der Waals surface area (Å²) in [6, 6.07) is 19.1. The van der Waals surface area contributed by atoms with E-state index in [1.807, 2.05) is 36.4 Å². The maximum absolute atomic E-state index is 13.2. The van der Waals surface area contributed by atoms with Crippen molar-refractivity contribution in [3.8, 4) is 22.6 Å². The van der Waals surface area contributed by atoms with Crippen LogP contribution in [0.1, 0.15) is 35.2 Å². The summed E-state index contributed by atoms with van der Waals surface area (Å²) in [5, 5.41) is 34.2. The van der Waals surface area contributed by atoms with Crippen LogP contribution in [0.3, 0.4) is 0 Å². The van der Waals surface area contributed by atoms with Crippen LogP contribution >= 0.6 is 0 Å². The zero-order valence-corrected chi connectivity index (χ0v) is 20.3. The standard InChI is InChI=1S/C28H25N7O2/c1-17-26(28(37)35(33-17)22-13-12-18-6-2-3-7-19(18)15-22)32-30-24-11-5-10-23(27(24)36)20-8-4-9-21(14-20)25-16-29-34-31-25/h4-5,8-15,33,36H,2-3,6-7,16H2,1H3. The Kier molecular flexibility index (Phi) is 5.80. The first-order valence-corrected chi connectivity index (χ1v) is 12.3. The van der Waals surface area contributed by atoms with E-state index in [4.69, 9.17) is 0 Å². The van der Waals surface area contributed by atoms with Gasteiger partial charge in [-0.2, -0.15) is 5.11 Å². The maximum Gasteiger partial charge on any atom is 0.299 e. The number of nitrogens with one attached hydrogen (secondary N) is 1. The van der Waals surface area contributed by atoms with Crippen molar-refractivity contribution in [2.24, 2.45) is 25.7 Å². The predicted molar refractivity (Wildman–Crippen MR) is 142 cm³/mol. The van der Waals surface area contributed by atoms with Gasteiger partial charge in [0, 0.05) is 11.1 Å². The number of hydrogen-bond acceptors (Lipinski definition) is 7. The summed E-state index contributed by atoms with van der Waals surface area (Å²) in [4.78, 5) is 13.2. The van der Waals surface area contributed by atoms with Gasteiger partial charge >= 0.3 is 0 Å². The fourth-order valence-electron chi connectivity index (χ4n) is 4.88. The number of hydrogen-bond donors (Lipinski definition) is 2. The zero-order valence-electron chi connectivity index (χ0n) is 20.3. The van der Waals surface area contributed by atoms with Crippen molar-refractivity contribution >= 4 is 17.1 Å². The molecule has 0 radical (unpaired) electrons. The minimum absolute atomic E-state index is 0.0191. The van der Waals surface area contributed by atoms with Gasteiger partial charge in [0.15, 0.2) is 11.4 Å². The summed E-state index contributed by atoms with van der Waals surface area (Å²) in [6.07, 6.45) is 4.49. The zero-order chi connectivity index (χ0) is 25.4. The van der Waals surface area contributed by atoms with Crippen LogP contribution in [0.4, 0.5) is 11.4 Å². The van der Waals surface area contributed by atoms with Gasteiger partial charge in [-0.05, 0) is 78.8 Å². The van der Waals surface area contributed by atoms with Gasteiger partial charge in [-0.1, -0.05) is 36.4 Å². The molecule has 0 amide bonds. The Bertz CT molecular complexity index is 1660. The topological polar surface area (TPSA) is 120 Å². The molecule has 0 atom stereocenters. The Morgan fingerprint density at radius 1 is 0.946 bits per heavy atom. The van der Waals surface area contributed by atoms with Gasteiger partial charge < -0.3 is 5.11 Å². The number of para-hydroxylation sites is 1. The molecule has 4 aromatic rings. The Hall–Kier alpha value is -4.66. The monoisotopic (exact) mass is 491 g/mol. The van der Waals surface area contributed by atoms with Gasteiger partial charge in [0.25, 0.3) is 5.56 Å². The molecule has 6 rings (SSSR count). The average Bonchev–Trinajstić information content (AvgIpc) is 3.56. The van der Waals surface area contributed by atoms with Gasteiger partial charge in [-0.25, -0.2) is 4.68 Å². The fourth-order valence-corrected chi connectivity index (χ4v) is 4.88. The lowest BCUT2D eigenvalue weighted by molar-refractivity contribution is 0.478. The molecule has 0 fully saturated rings. The second-order valence-electron chi connectivity index (χ2n) is 9.28. The summed E-state index contributed by atoms with van der Waals surface area (Å²) in [7, 11) is 0. The van der Waals surface area contributed by atoms with Gasteiger partial charge in [0.2, 0.25) is 0 Å². The number of phenols is 1. The molecular weight excluding hydrogens is 466 g/mol. The number of fused-ring (bicyclic) bond motifs is 1. The van der Waals surface area contributed by atoms with Crippen LogP contribution in [0.5, 0.6) is 5.75 Å². The van der Waals surface area contributed by atoms with E-state index in [2.05, 4.69) is 42.9 Å². The number of aromatic hydroxyl groups is 1. The molecule has 9 heteroatoms. The molecule has 2 heterocycles. The minimum atomic E-state index is -0.284. The van der Waals surface area contributed by atoms with Crippen molar-refractivity contribution in [2.45, 2.75) is 32.6 Å². The van der Waals surface area contributed by atoms with E-state index in [0.717, 1.165) is 35.4 Å². The molecule has 1 aliphatic carbocycles. The SMILES string of the molecule is Cc1[nH]n(-c2ccc3c(c2)CCCC3)c(=O)c1N=Nc1cccc(-c2cccc(C3=NN=NC3)c2)c1O.